The number of carbonyl (C=O) groups is 2. The molecule has 0 aliphatic carbocycles. The minimum absolute atomic E-state index is 0. The summed E-state index contributed by atoms with van der Waals surface area (Å²) in [5.41, 5.74) is 0. The molecule has 1 fully saturated rings. The Morgan fingerprint density at radius 2 is 2.17 bits per heavy atom. The van der Waals surface area contributed by atoms with E-state index in [0.717, 1.165) is 36.3 Å². The molecule has 2 heterocycles. The maximum Gasteiger partial charge on any atom is 0.264 e. The van der Waals surface area contributed by atoms with Crippen LogP contribution in [0.5, 0.6) is 0 Å². The Hall–Kier alpha value is -0.630. The monoisotopic (exact) mass is 423 g/mol. The number of carbonyl (C=O) groups excluding carboxylic acids is 2. The van der Waals surface area contributed by atoms with Gasteiger partial charge in [-0.25, -0.2) is 0 Å². The standard InChI is InChI=1S/C15H22BrN3O2S.ClH/c1-3-8-19(11-6-7-17-9-11)14(20)10-18(2)15(21)12-4-5-13(16)22-12;/h4-5,11,17H,3,6-10H2,1-2H3;1H. The van der Waals surface area contributed by atoms with Gasteiger partial charge in [0.15, 0.2) is 0 Å². The Kier molecular flexibility index (Phi) is 8.53. The highest BCUT2D eigenvalue weighted by Crippen LogP contribution is 2.23. The van der Waals surface area contributed by atoms with Gasteiger partial charge in [0.25, 0.3) is 5.91 Å². The van der Waals surface area contributed by atoms with Gasteiger partial charge >= 0.3 is 0 Å². The molecule has 0 bridgehead atoms. The van der Waals surface area contributed by atoms with Gasteiger partial charge in [-0.3, -0.25) is 9.59 Å². The van der Waals surface area contributed by atoms with Crippen LogP contribution in [0.2, 0.25) is 0 Å². The molecule has 1 saturated heterocycles. The molecule has 5 nitrogen and oxygen atoms in total. The molecule has 1 N–H and O–H groups in total. The van der Waals surface area contributed by atoms with E-state index < -0.39 is 0 Å². The van der Waals surface area contributed by atoms with Gasteiger partial charge in [-0.15, -0.1) is 23.7 Å². The minimum Gasteiger partial charge on any atom is -0.337 e. The predicted molar refractivity (Wildman–Crippen MR) is 99.5 cm³/mol. The van der Waals surface area contributed by atoms with Gasteiger partial charge in [-0.1, -0.05) is 6.92 Å². The lowest BCUT2D eigenvalue weighted by Crippen LogP contribution is -2.47. The molecule has 1 unspecified atom stereocenters. The molecule has 8 heteroatoms. The van der Waals surface area contributed by atoms with E-state index in [2.05, 4.69) is 28.2 Å². The SMILES string of the molecule is CCCN(C(=O)CN(C)C(=O)c1ccc(Br)s1)C1CCNC1.Cl. The summed E-state index contributed by atoms with van der Waals surface area (Å²) in [6.07, 6.45) is 1.92. The van der Waals surface area contributed by atoms with Gasteiger partial charge in [0.05, 0.1) is 15.2 Å². The molecule has 0 radical (unpaired) electrons. The van der Waals surface area contributed by atoms with E-state index in [0.29, 0.717) is 4.88 Å². The van der Waals surface area contributed by atoms with Crippen molar-refractivity contribution in [3.05, 3.63) is 20.8 Å². The molecule has 1 aliphatic heterocycles. The van der Waals surface area contributed by atoms with E-state index in [1.165, 1.54) is 16.2 Å². The number of amides is 2. The summed E-state index contributed by atoms with van der Waals surface area (Å²) < 4.78 is 0.917. The molecular weight excluding hydrogens is 402 g/mol. The Balaban J connectivity index is 0.00000264. The maximum atomic E-state index is 12.6. The van der Waals surface area contributed by atoms with Crippen LogP contribution in [0, 0.1) is 0 Å². The summed E-state index contributed by atoms with van der Waals surface area (Å²) >= 11 is 4.74. The highest BCUT2D eigenvalue weighted by molar-refractivity contribution is 9.11. The molecule has 0 aromatic carbocycles. The lowest BCUT2D eigenvalue weighted by Gasteiger charge is -2.30. The second-order valence-corrected chi connectivity index (χ2v) is 7.96. The van der Waals surface area contributed by atoms with Crippen LogP contribution in [-0.2, 0) is 4.79 Å². The van der Waals surface area contributed by atoms with Crippen LogP contribution in [0.15, 0.2) is 15.9 Å². The van der Waals surface area contributed by atoms with Crippen LogP contribution in [-0.4, -0.2) is 60.9 Å². The van der Waals surface area contributed by atoms with Crippen molar-refractivity contribution in [2.45, 2.75) is 25.8 Å². The fourth-order valence-electron chi connectivity index (χ4n) is 2.64. The number of hydrogen-bond acceptors (Lipinski definition) is 4. The zero-order valence-corrected chi connectivity index (χ0v) is 16.6. The van der Waals surface area contributed by atoms with E-state index >= 15 is 0 Å². The van der Waals surface area contributed by atoms with Crippen molar-refractivity contribution >= 4 is 51.5 Å². The first-order valence-electron chi connectivity index (χ1n) is 7.54. The summed E-state index contributed by atoms with van der Waals surface area (Å²) in [6, 6.07) is 3.89. The van der Waals surface area contributed by atoms with E-state index in [1.807, 2.05) is 11.0 Å². The van der Waals surface area contributed by atoms with Gasteiger partial charge in [0.2, 0.25) is 5.91 Å². The van der Waals surface area contributed by atoms with Crippen LogP contribution >= 0.6 is 39.7 Å². The molecule has 1 aromatic rings. The fourth-order valence-corrected chi connectivity index (χ4v) is 4.02. The molecule has 0 spiro atoms. The number of rotatable bonds is 6. The average molecular weight is 425 g/mol. The van der Waals surface area contributed by atoms with E-state index in [1.54, 1.807) is 13.1 Å². The molecule has 2 amide bonds. The lowest BCUT2D eigenvalue weighted by molar-refractivity contribution is -0.133. The average Bonchev–Trinajstić information content (AvgIpc) is 3.15. The first kappa shape index (κ1) is 20.4. The lowest BCUT2D eigenvalue weighted by atomic mass is 10.2. The van der Waals surface area contributed by atoms with Crippen molar-refractivity contribution in [1.29, 1.82) is 0 Å². The molecule has 1 aliphatic rings. The molecular formula is C15H23BrClN3O2S. The van der Waals surface area contributed by atoms with Gasteiger partial charge in [0.1, 0.15) is 0 Å². The van der Waals surface area contributed by atoms with E-state index in [4.69, 9.17) is 0 Å². The molecule has 23 heavy (non-hydrogen) atoms. The van der Waals surface area contributed by atoms with Crippen LogP contribution < -0.4 is 5.32 Å². The third kappa shape index (κ3) is 5.45. The smallest absolute Gasteiger partial charge is 0.264 e. The van der Waals surface area contributed by atoms with Gasteiger partial charge in [0, 0.05) is 26.2 Å². The van der Waals surface area contributed by atoms with Crippen molar-refractivity contribution in [3.63, 3.8) is 0 Å². The third-order valence-electron chi connectivity index (χ3n) is 3.76. The van der Waals surface area contributed by atoms with Crippen LogP contribution in [0.4, 0.5) is 0 Å². The Labute approximate surface area is 155 Å². The quantitative estimate of drug-likeness (QED) is 0.764. The molecule has 1 aromatic heterocycles. The van der Waals surface area contributed by atoms with Crippen molar-refractivity contribution in [2.75, 3.05) is 33.2 Å². The molecule has 0 saturated carbocycles. The summed E-state index contributed by atoms with van der Waals surface area (Å²) in [7, 11) is 1.69. The van der Waals surface area contributed by atoms with Crippen molar-refractivity contribution < 1.29 is 9.59 Å². The highest BCUT2D eigenvalue weighted by Gasteiger charge is 2.27. The van der Waals surface area contributed by atoms with Crippen LogP contribution in [0.1, 0.15) is 29.4 Å². The number of nitrogens with one attached hydrogen (secondary N) is 1. The number of thiophene rings is 1. The van der Waals surface area contributed by atoms with Crippen LogP contribution in [0.25, 0.3) is 0 Å². The Bertz CT molecular complexity index is 535. The minimum atomic E-state index is -0.106. The number of likely N-dealkylation sites (N-methyl/N-ethyl adjacent to an activating group) is 1. The first-order valence-corrected chi connectivity index (χ1v) is 9.15. The second-order valence-electron chi connectivity index (χ2n) is 5.50. The Morgan fingerprint density at radius 3 is 2.70 bits per heavy atom. The zero-order chi connectivity index (χ0) is 16.1. The maximum absolute atomic E-state index is 12.6. The summed E-state index contributed by atoms with van der Waals surface area (Å²) in [5, 5.41) is 3.29. The topological polar surface area (TPSA) is 52.7 Å². The fraction of sp³-hybridized carbons (Fsp3) is 0.600. The predicted octanol–water partition coefficient (Wildman–Crippen LogP) is 2.60. The normalized spacial score (nSPS) is 16.7. The largest absolute Gasteiger partial charge is 0.337 e. The summed E-state index contributed by atoms with van der Waals surface area (Å²) in [5.74, 6) is -0.0768. The summed E-state index contributed by atoms with van der Waals surface area (Å²) in [4.78, 5) is 29.0. The van der Waals surface area contributed by atoms with Crippen molar-refractivity contribution in [1.82, 2.24) is 15.1 Å². The zero-order valence-electron chi connectivity index (χ0n) is 13.4. The number of nitrogens with zero attached hydrogens (tertiary/aromatic N) is 2. The Morgan fingerprint density at radius 1 is 1.43 bits per heavy atom. The van der Waals surface area contributed by atoms with E-state index in [-0.39, 0.29) is 36.8 Å². The second kappa shape index (κ2) is 9.61. The number of halogens is 2. The van der Waals surface area contributed by atoms with Gasteiger partial charge < -0.3 is 15.1 Å². The molecule has 130 valence electrons. The van der Waals surface area contributed by atoms with E-state index in [9.17, 15) is 9.59 Å². The van der Waals surface area contributed by atoms with Gasteiger partial charge in [-0.05, 0) is 47.4 Å². The van der Waals surface area contributed by atoms with Crippen molar-refractivity contribution in [2.24, 2.45) is 0 Å². The molecule has 2 rings (SSSR count). The first-order chi connectivity index (χ1) is 10.5. The van der Waals surface area contributed by atoms with Crippen LogP contribution in [0.3, 0.4) is 0 Å². The molecule has 1 atom stereocenters. The third-order valence-corrected chi connectivity index (χ3v) is 5.37. The summed E-state index contributed by atoms with van der Waals surface area (Å²) in [6.45, 7) is 4.75. The van der Waals surface area contributed by atoms with Crippen molar-refractivity contribution in [3.8, 4) is 0 Å². The highest BCUT2D eigenvalue weighted by atomic mass is 79.9. The van der Waals surface area contributed by atoms with Gasteiger partial charge in [-0.2, -0.15) is 0 Å². The number of hydrogen-bond donors (Lipinski definition) is 1.